The molecule has 5 heteroatoms. The smallest absolute Gasteiger partial charge is 0.224 e. The van der Waals surface area contributed by atoms with Crippen LogP contribution in [-0.4, -0.2) is 23.6 Å². The summed E-state index contributed by atoms with van der Waals surface area (Å²) in [5.74, 6) is 68.4. The molecule has 0 radical (unpaired) electrons. The normalized spacial score (nSPS) is 11.8. The van der Waals surface area contributed by atoms with Crippen LogP contribution in [0, 0.1) is 179 Å². The molecule has 0 saturated heterocycles. The molecule has 1 N–H and O–H groups in total. The molecule has 4 rings (SSSR count). The average Bonchev–Trinajstić information content (AvgIpc) is 3.82. The van der Waals surface area contributed by atoms with Crippen LogP contribution in [0.25, 0.3) is 0 Å². The molecule has 0 fully saturated rings. The Balaban J connectivity index is 0.000000366. The summed E-state index contributed by atoms with van der Waals surface area (Å²) in [7, 11) is 0.248. The first-order chi connectivity index (χ1) is 28.1. The third-order valence-electron chi connectivity index (χ3n) is 6.95. The Morgan fingerprint density at radius 3 is 1.43 bits per heavy atom. The number of carbonyl (C=O) groups excluding carboxylic acids is 1. The molecule has 0 amide bonds. The van der Waals surface area contributed by atoms with Crippen molar-refractivity contribution >= 4 is 25.2 Å². The average molecular weight is 748 g/mol. The number of fused-ring (bicyclic) bond motifs is 2. The molecule has 0 aliphatic heterocycles. The Morgan fingerprint density at radius 2 is 1.04 bits per heavy atom. The number of ketones is 1. The van der Waals surface area contributed by atoms with Crippen LogP contribution >= 0.6 is 7.58 Å². The van der Waals surface area contributed by atoms with Gasteiger partial charge in [0.25, 0.3) is 0 Å². The zero-order valence-corrected chi connectivity index (χ0v) is 31.4. The number of carbonyl (C=O) groups is 1. The van der Waals surface area contributed by atoms with E-state index in [0.717, 1.165) is 24.9 Å². The number of benzene rings is 2. The van der Waals surface area contributed by atoms with E-state index in [0.29, 0.717) is 12.5 Å². The third kappa shape index (κ3) is 17.3. The molecule has 3 nitrogen and oxygen atoms in total. The summed E-state index contributed by atoms with van der Waals surface area (Å²) in [6.45, 7) is 4.76. The Bertz CT molecular complexity index is 2700. The highest BCUT2D eigenvalue weighted by Crippen LogP contribution is 2.44. The van der Waals surface area contributed by atoms with Gasteiger partial charge in [0.15, 0.2) is 5.78 Å². The molecule has 256 valence electrons. The van der Waals surface area contributed by atoms with E-state index in [1.807, 2.05) is 24.3 Å². The van der Waals surface area contributed by atoms with E-state index in [-0.39, 0.29) is 19.4 Å². The molecule has 1 unspecified atom stereocenters. The van der Waals surface area contributed by atoms with E-state index in [4.69, 9.17) is 14.3 Å². The molecule has 2 aliphatic carbocycles. The van der Waals surface area contributed by atoms with Gasteiger partial charge in [0, 0.05) is 102 Å². The molecule has 2 atom stereocenters. The maximum atomic E-state index is 12.4. The number of hydrogen-bond donors (Lipinski definition) is 1. The van der Waals surface area contributed by atoms with Crippen molar-refractivity contribution in [3.05, 3.63) is 83.4 Å². The fourth-order valence-electron chi connectivity index (χ4n) is 5.06. The van der Waals surface area contributed by atoms with E-state index in [1.165, 1.54) is 16.7 Å². The topological polar surface area (TPSA) is 40.5 Å². The van der Waals surface area contributed by atoms with Crippen LogP contribution in [0.2, 0.25) is 0 Å². The standard InChI is InChI=1S/C30H2.C21H21NO.HOPS/c1-3-5-7-9-11-13-15-17-19-21-23-25-27-29-30-28-26-24-22-20-18-16-14-12-10-8-6-4-2;1-2-13-22(19-12-11-15-7-3-4-8-16(15)19)20-14-21(23)18-10-6-5-9-17(18)20;1-2-3/h1-2H;2-10,19-20H,1,11-14H2;(H,1,3)/t;19-,20?;/m.0./s1/i/hT. The number of Topliss-reactive ketones (excluding diaryl/α,β-unsaturated/α-hetero) is 1. The van der Waals surface area contributed by atoms with Gasteiger partial charge in [0.2, 0.25) is 1.43 Å². The van der Waals surface area contributed by atoms with Gasteiger partial charge in [-0.2, -0.15) is 0 Å². The second kappa shape index (κ2) is 29.3. The van der Waals surface area contributed by atoms with Crippen molar-refractivity contribution in [2.75, 3.05) is 6.54 Å². The fourth-order valence-corrected chi connectivity index (χ4v) is 5.06. The van der Waals surface area contributed by atoms with Crippen LogP contribution in [0.3, 0.4) is 0 Å². The molecular formula is C51H24NO2PS. The third-order valence-corrected chi connectivity index (χ3v) is 6.95. The number of terminal acetylenes is 2. The lowest BCUT2D eigenvalue weighted by molar-refractivity contribution is 0.0925. The van der Waals surface area contributed by atoms with Gasteiger partial charge in [-0.15, -0.1) is 19.4 Å². The molecule has 0 aromatic heterocycles. The van der Waals surface area contributed by atoms with Crippen molar-refractivity contribution in [3.8, 4) is 179 Å². The summed E-state index contributed by atoms with van der Waals surface area (Å²) >= 11 is 4.12. The molecule has 0 heterocycles. The minimum absolute atomic E-state index is 0.174. The van der Waals surface area contributed by atoms with Gasteiger partial charge in [0.05, 0.1) is 0 Å². The summed E-state index contributed by atoms with van der Waals surface area (Å²) in [4.78, 5) is 18.4. The zero-order valence-electron chi connectivity index (χ0n) is 30.7. The fraction of sp³-hybridized carbons (Fsp3) is 0.118. The lowest BCUT2D eigenvalue weighted by atomic mass is 10.0. The summed E-state index contributed by atoms with van der Waals surface area (Å²) < 4.78 is 5.83. The Morgan fingerprint density at radius 1 is 0.661 bits per heavy atom. The first-order valence-corrected chi connectivity index (χ1v) is 17.9. The zero-order chi connectivity index (χ0) is 41.0. The quantitative estimate of drug-likeness (QED) is 0.263. The van der Waals surface area contributed by atoms with Crippen molar-refractivity contribution in [2.24, 2.45) is 0 Å². The molecule has 2 aromatic carbocycles. The minimum Gasteiger partial charge on any atom is -0.333 e. The van der Waals surface area contributed by atoms with Crippen LogP contribution in [0.15, 0.2) is 61.2 Å². The molecule has 0 saturated carbocycles. The predicted octanol–water partition coefficient (Wildman–Crippen LogP) is 5.09. The SMILES string of the molecule is C#CC#CC#CC#CC#CC#CC#CC#CC#CC#CC#CC#CC#CC#CC#C.C=CCN(C1CC(=O)c2ccccc21)[C@H]1CCc2ccccc21.[3H]OP=S. The van der Waals surface area contributed by atoms with E-state index in [1.54, 1.807) is 0 Å². The largest absolute Gasteiger partial charge is 0.333 e. The van der Waals surface area contributed by atoms with E-state index in [9.17, 15) is 4.79 Å². The van der Waals surface area contributed by atoms with Crippen LogP contribution in [0.4, 0.5) is 0 Å². The second-order valence-corrected chi connectivity index (χ2v) is 10.7. The van der Waals surface area contributed by atoms with Gasteiger partial charge in [-0.25, -0.2) is 0 Å². The van der Waals surface area contributed by atoms with Gasteiger partial charge >= 0.3 is 0 Å². The Kier molecular flexibility index (Phi) is 22.0. The number of aryl methyl sites for hydroxylation is 1. The first-order valence-electron chi connectivity index (χ1n) is 16.5. The van der Waals surface area contributed by atoms with Crippen molar-refractivity contribution in [1.82, 2.24) is 4.90 Å². The molecule has 2 aliphatic rings. The summed E-state index contributed by atoms with van der Waals surface area (Å²) in [6, 6.07) is 17.3. The van der Waals surface area contributed by atoms with Crippen LogP contribution in [-0.2, 0) is 18.2 Å². The van der Waals surface area contributed by atoms with E-state index >= 15 is 0 Å². The molecular weight excluding hydrogens is 722 g/mol. The minimum atomic E-state index is 0.174. The summed E-state index contributed by atoms with van der Waals surface area (Å²) in [6.07, 6.45) is 14.6. The maximum Gasteiger partial charge on any atom is 0.224 e. The van der Waals surface area contributed by atoms with Crippen molar-refractivity contribution < 1.29 is 9.69 Å². The van der Waals surface area contributed by atoms with Crippen LogP contribution < -0.4 is 0 Å². The van der Waals surface area contributed by atoms with E-state index < -0.39 is 0 Å². The number of rotatable bonds is 5. The monoisotopic (exact) mass is 747 g/mol. The lowest BCUT2D eigenvalue weighted by Crippen LogP contribution is -2.31. The first kappa shape index (κ1) is 42.1. The van der Waals surface area contributed by atoms with Gasteiger partial charge in [-0.05, 0) is 136 Å². The van der Waals surface area contributed by atoms with Gasteiger partial charge in [-0.3, -0.25) is 9.69 Å². The second-order valence-electron chi connectivity index (χ2n) is 10.1. The Hall–Kier alpha value is -8.31. The molecule has 56 heavy (non-hydrogen) atoms. The predicted molar refractivity (Wildman–Crippen MR) is 228 cm³/mol. The number of nitrogens with zero attached hydrogens (tertiary/aromatic N) is 1. The maximum absolute atomic E-state index is 12.4. The van der Waals surface area contributed by atoms with Gasteiger partial charge in [0.1, 0.15) is 7.58 Å². The van der Waals surface area contributed by atoms with Crippen molar-refractivity contribution in [3.63, 3.8) is 0 Å². The highest BCUT2D eigenvalue weighted by atomic mass is 32.4. The molecule has 0 bridgehead atoms. The summed E-state index contributed by atoms with van der Waals surface area (Å²) in [5.41, 5.74) is 4.96. The lowest BCUT2D eigenvalue weighted by Gasteiger charge is -2.34. The highest BCUT2D eigenvalue weighted by Gasteiger charge is 2.38. The van der Waals surface area contributed by atoms with Crippen LogP contribution in [0.1, 0.15) is 52.0 Å². The van der Waals surface area contributed by atoms with Gasteiger partial charge < -0.3 is 4.90 Å². The van der Waals surface area contributed by atoms with Crippen molar-refractivity contribution in [2.45, 2.75) is 31.3 Å². The highest BCUT2D eigenvalue weighted by molar-refractivity contribution is 7.94. The van der Waals surface area contributed by atoms with E-state index in [2.05, 4.69) is 224 Å². The Labute approximate surface area is 339 Å². The van der Waals surface area contributed by atoms with Gasteiger partial charge in [-0.1, -0.05) is 54.6 Å². The number of hydrogen-bond acceptors (Lipinski definition) is 4. The van der Waals surface area contributed by atoms with Crippen LogP contribution in [0.5, 0.6) is 0 Å². The van der Waals surface area contributed by atoms with Crippen molar-refractivity contribution in [1.29, 1.82) is 1.43 Å². The molecule has 0 spiro atoms. The molecule has 2 aromatic rings. The summed E-state index contributed by atoms with van der Waals surface area (Å²) in [5, 5.41) is 0.